The Morgan fingerprint density at radius 3 is 2.27 bits per heavy atom. The molecule has 37 heavy (non-hydrogen) atoms. The Balaban J connectivity index is 2.07. The maximum Gasteiger partial charge on any atom is 0.328 e. The van der Waals surface area contributed by atoms with Gasteiger partial charge in [0.15, 0.2) is 6.04 Å². The summed E-state index contributed by atoms with van der Waals surface area (Å²) in [5.41, 5.74) is 13.4. The third-order valence-electron chi connectivity index (χ3n) is 5.89. The number of aliphatic hydroxyl groups is 2. The molecule has 1 aromatic heterocycles. The number of aromatic nitrogens is 1. The van der Waals surface area contributed by atoms with Crippen LogP contribution < -0.4 is 27.4 Å². The third-order valence-corrected chi connectivity index (χ3v) is 5.89. The summed E-state index contributed by atoms with van der Waals surface area (Å²) in [5.74, 6) is -3.83. The van der Waals surface area contributed by atoms with Crippen LogP contribution in [-0.2, 0) is 25.6 Å². The Morgan fingerprint density at radius 2 is 1.65 bits per heavy atom. The van der Waals surface area contributed by atoms with Crippen LogP contribution in [0.2, 0.25) is 0 Å². The van der Waals surface area contributed by atoms with Gasteiger partial charge in [0.1, 0.15) is 12.1 Å². The van der Waals surface area contributed by atoms with Crippen LogP contribution in [0.5, 0.6) is 0 Å². The monoisotopic (exact) mass is 520 g/mol. The van der Waals surface area contributed by atoms with Crippen molar-refractivity contribution >= 4 is 34.6 Å². The number of rotatable bonds is 15. The van der Waals surface area contributed by atoms with E-state index < -0.39 is 60.6 Å². The highest BCUT2D eigenvalue weighted by Crippen LogP contribution is 2.18. The van der Waals surface area contributed by atoms with Crippen LogP contribution in [0.15, 0.2) is 30.5 Å². The lowest BCUT2D eigenvalue weighted by Crippen LogP contribution is -2.59. The summed E-state index contributed by atoms with van der Waals surface area (Å²) in [5, 5.41) is 36.3. The second-order valence-corrected chi connectivity index (χ2v) is 8.82. The molecule has 0 saturated carbocycles. The molecule has 5 atom stereocenters. The summed E-state index contributed by atoms with van der Waals surface area (Å²) < 4.78 is 0. The predicted octanol–water partition coefficient (Wildman–Crippen LogP) is -1.92. The molecule has 0 spiro atoms. The Kier molecular flexibility index (Phi) is 11.5. The Morgan fingerprint density at radius 1 is 1.00 bits per heavy atom. The van der Waals surface area contributed by atoms with Crippen molar-refractivity contribution in [2.75, 3.05) is 13.2 Å². The molecule has 1 heterocycles. The highest BCUT2D eigenvalue weighted by atomic mass is 16.4. The number of amides is 3. The number of hydrogen-bond acceptors (Lipinski definition) is 8. The summed E-state index contributed by atoms with van der Waals surface area (Å²) in [6.07, 6.45) is 1.83. The largest absolute Gasteiger partial charge is 0.480 e. The molecule has 0 aliphatic rings. The van der Waals surface area contributed by atoms with E-state index in [1.54, 1.807) is 6.20 Å². The average Bonchev–Trinajstić information content (AvgIpc) is 3.27. The Hall–Kier alpha value is -3.52. The van der Waals surface area contributed by atoms with Gasteiger partial charge in [0.05, 0.1) is 18.8 Å². The summed E-state index contributed by atoms with van der Waals surface area (Å²) in [7, 11) is 0. The first-order chi connectivity index (χ1) is 17.6. The van der Waals surface area contributed by atoms with Gasteiger partial charge in [0.25, 0.3) is 0 Å². The number of aliphatic hydroxyl groups excluding tert-OH is 2. The Bertz CT molecular complexity index is 1070. The van der Waals surface area contributed by atoms with E-state index in [1.807, 2.05) is 24.3 Å². The second kappa shape index (κ2) is 14.3. The number of carboxylic acid groups (broad SMARTS) is 1. The van der Waals surface area contributed by atoms with Crippen LogP contribution >= 0.6 is 0 Å². The fourth-order valence-corrected chi connectivity index (χ4v) is 3.78. The van der Waals surface area contributed by atoms with Gasteiger partial charge in [-0.25, -0.2) is 4.79 Å². The van der Waals surface area contributed by atoms with Crippen molar-refractivity contribution in [1.82, 2.24) is 20.9 Å². The van der Waals surface area contributed by atoms with Gasteiger partial charge in [-0.15, -0.1) is 0 Å². The van der Waals surface area contributed by atoms with Crippen molar-refractivity contribution in [2.24, 2.45) is 11.5 Å². The van der Waals surface area contributed by atoms with Gasteiger partial charge >= 0.3 is 5.97 Å². The zero-order valence-corrected chi connectivity index (χ0v) is 20.6. The predicted molar refractivity (Wildman–Crippen MR) is 135 cm³/mol. The highest BCUT2D eigenvalue weighted by Gasteiger charge is 2.31. The molecule has 0 fully saturated rings. The first kappa shape index (κ1) is 29.7. The smallest absolute Gasteiger partial charge is 0.328 e. The molecule has 5 unspecified atom stereocenters. The molecule has 11 N–H and O–H groups in total. The SMILES string of the molecule is CC(O)C(NC(=O)C(CO)NC(=O)C(CCCCN)NC(=O)C(N)Cc1c[nH]c2ccccc12)C(=O)O. The molecular formula is C24H36N6O7. The number of aliphatic carboxylic acids is 1. The molecule has 0 bridgehead atoms. The molecule has 2 rings (SSSR count). The third kappa shape index (κ3) is 8.53. The van der Waals surface area contributed by atoms with Gasteiger partial charge in [-0.2, -0.15) is 0 Å². The fraction of sp³-hybridized carbons (Fsp3) is 0.500. The van der Waals surface area contributed by atoms with Crippen LogP contribution in [0.4, 0.5) is 0 Å². The number of hydrogen-bond donors (Lipinski definition) is 9. The van der Waals surface area contributed by atoms with Gasteiger partial charge in [-0.3, -0.25) is 14.4 Å². The van der Waals surface area contributed by atoms with Crippen LogP contribution in [0, 0.1) is 0 Å². The van der Waals surface area contributed by atoms with E-state index in [9.17, 15) is 29.4 Å². The topological polar surface area (TPSA) is 233 Å². The van der Waals surface area contributed by atoms with Gasteiger partial charge < -0.3 is 47.7 Å². The van der Waals surface area contributed by atoms with E-state index >= 15 is 0 Å². The molecular weight excluding hydrogens is 484 g/mol. The number of carbonyl (C=O) groups excluding carboxylic acids is 3. The van der Waals surface area contributed by atoms with E-state index in [1.165, 1.54) is 6.92 Å². The number of fused-ring (bicyclic) bond motifs is 1. The molecule has 1 aromatic carbocycles. The van der Waals surface area contributed by atoms with Crippen LogP contribution in [0.3, 0.4) is 0 Å². The zero-order valence-electron chi connectivity index (χ0n) is 20.6. The number of H-pyrrole nitrogens is 1. The lowest BCUT2D eigenvalue weighted by Gasteiger charge is -2.25. The molecule has 0 aliphatic carbocycles. The number of aromatic amines is 1. The number of para-hydroxylation sites is 1. The molecule has 0 saturated heterocycles. The molecule has 2 aromatic rings. The van der Waals surface area contributed by atoms with Crippen LogP contribution in [-0.4, -0.2) is 87.4 Å². The summed E-state index contributed by atoms with van der Waals surface area (Å²) in [6, 6.07) is 2.35. The number of unbranched alkanes of at least 4 members (excludes halogenated alkanes) is 1. The first-order valence-corrected chi connectivity index (χ1v) is 12.0. The van der Waals surface area contributed by atoms with Crippen LogP contribution in [0.25, 0.3) is 10.9 Å². The zero-order chi connectivity index (χ0) is 27.5. The maximum absolute atomic E-state index is 13.0. The van der Waals surface area contributed by atoms with E-state index in [0.717, 1.165) is 16.5 Å². The minimum absolute atomic E-state index is 0.194. The normalized spacial score (nSPS) is 15.3. The van der Waals surface area contributed by atoms with Crippen LogP contribution in [0.1, 0.15) is 31.7 Å². The van der Waals surface area contributed by atoms with Crippen molar-refractivity contribution in [1.29, 1.82) is 0 Å². The molecule has 0 radical (unpaired) electrons. The number of carbonyl (C=O) groups is 4. The van der Waals surface area contributed by atoms with Crippen molar-refractivity contribution in [3.05, 3.63) is 36.0 Å². The average molecular weight is 521 g/mol. The van der Waals surface area contributed by atoms with Crippen molar-refractivity contribution in [3.8, 4) is 0 Å². The highest BCUT2D eigenvalue weighted by molar-refractivity contribution is 5.94. The molecule has 204 valence electrons. The van der Waals surface area contributed by atoms with Crippen molar-refractivity contribution in [3.63, 3.8) is 0 Å². The van der Waals surface area contributed by atoms with Gasteiger partial charge in [-0.1, -0.05) is 18.2 Å². The first-order valence-electron chi connectivity index (χ1n) is 12.0. The lowest BCUT2D eigenvalue weighted by atomic mass is 10.0. The Labute approximate surface area is 214 Å². The van der Waals surface area contributed by atoms with E-state index in [-0.39, 0.29) is 12.8 Å². The number of benzene rings is 1. The molecule has 13 heteroatoms. The minimum Gasteiger partial charge on any atom is -0.480 e. The van der Waals surface area contributed by atoms with E-state index in [0.29, 0.717) is 19.4 Å². The number of nitrogens with two attached hydrogens (primary N) is 2. The fourth-order valence-electron chi connectivity index (χ4n) is 3.78. The van der Waals surface area contributed by atoms with Crippen molar-refractivity contribution < 1.29 is 34.5 Å². The minimum atomic E-state index is -1.64. The standard InChI is InChI=1S/C24H36N6O7/c1-13(32)20(24(36)37)30-23(35)19(12-31)29-22(34)18(8-4-5-9-25)28-21(33)16(26)10-14-11-27-17-7-3-2-6-15(14)17/h2-3,6-7,11,13,16,18-20,27,31-32H,4-5,8-10,12,25-26H2,1H3,(H,28,33)(H,29,34)(H,30,35)(H,36,37). The van der Waals surface area contributed by atoms with Gasteiger partial charge in [0, 0.05) is 17.1 Å². The summed E-state index contributed by atoms with van der Waals surface area (Å²) >= 11 is 0. The number of carboxylic acids is 1. The van der Waals surface area contributed by atoms with Gasteiger partial charge in [-0.05, 0) is 50.8 Å². The molecule has 3 amide bonds. The summed E-state index contributed by atoms with van der Waals surface area (Å²) in [6.45, 7) is 0.710. The number of nitrogens with one attached hydrogen (secondary N) is 4. The quantitative estimate of drug-likeness (QED) is 0.119. The van der Waals surface area contributed by atoms with Crippen molar-refractivity contribution in [2.45, 2.75) is 62.9 Å². The van der Waals surface area contributed by atoms with E-state index in [2.05, 4.69) is 20.9 Å². The van der Waals surface area contributed by atoms with Gasteiger partial charge in [0.2, 0.25) is 17.7 Å². The lowest BCUT2D eigenvalue weighted by molar-refractivity contribution is -0.145. The molecule has 13 nitrogen and oxygen atoms in total. The maximum atomic E-state index is 13.0. The molecule has 0 aliphatic heterocycles. The second-order valence-electron chi connectivity index (χ2n) is 8.82. The van der Waals surface area contributed by atoms with E-state index in [4.69, 9.17) is 16.6 Å². The summed E-state index contributed by atoms with van der Waals surface area (Å²) in [4.78, 5) is 52.6.